The van der Waals surface area contributed by atoms with Crippen molar-refractivity contribution in [2.45, 2.75) is 51.1 Å². The van der Waals surface area contributed by atoms with Gasteiger partial charge in [0.1, 0.15) is 0 Å². The summed E-state index contributed by atoms with van der Waals surface area (Å²) in [5.41, 5.74) is 4.77. The van der Waals surface area contributed by atoms with Gasteiger partial charge in [-0.05, 0) is 62.9 Å². The van der Waals surface area contributed by atoms with Crippen LogP contribution in [0.5, 0.6) is 0 Å². The summed E-state index contributed by atoms with van der Waals surface area (Å²) in [6.45, 7) is 2.14. The van der Waals surface area contributed by atoms with Gasteiger partial charge in [0.05, 0.1) is 29.5 Å². The highest BCUT2D eigenvalue weighted by Gasteiger charge is 2.32. The first-order valence-corrected chi connectivity index (χ1v) is 8.66. The van der Waals surface area contributed by atoms with Crippen molar-refractivity contribution in [3.05, 3.63) is 59.2 Å². The van der Waals surface area contributed by atoms with E-state index in [1.807, 2.05) is 24.5 Å². The van der Waals surface area contributed by atoms with Crippen molar-refractivity contribution in [2.75, 3.05) is 7.05 Å². The van der Waals surface area contributed by atoms with Gasteiger partial charge in [0.25, 0.3) is 0 Å². The number of hydrogen-bond donors (Lipinski definition) is 0. The van der Waals surface area contributed by atoms with Gasteiger partial charge in [-0.25, -0.2) is 0 Å². The number of nitriles is 1. The molecule has 4 nitrogen and oxygen atoms in total. The zero-order valence-electron chi connectivity index (χ0n) is 14.4. The van der Waals surface area contributed by atoms with E-state index in [4.69, 9.17) is 5.26 Å². The average Bonchev–Trinajstić information content (AvgIpc) is 2.61. The third-order valence-corrected chi connectivity index (χ3v) is 5.05. The van der Waals surface area contributed by atoms with E-state index >= 15 is 0 Å². The van der Waals surface area contributed by atoms with E-state index in [0.717, 1.165) is 25.0 Å². The van der Waals surface area contributed by atoms with Crippen molar-refractivity contribution in [3.8, 4) is 6.07 Å². The van der Waals surface area contributed by atoms with E-state index in [9.17, 15) is 0 Å². The third-order valence-electron chi connectivity index (χ3n) is 5.05. The van der Waals surface area contributed by atoms with Crippen LogP contribution in [0.1, 0.15) is 60.3 Å². The number of aromatic nitrogens is 2. The molecule has 0 spiro atoms. The zero-order chi connectivity index (χ0) is 16.9. The molecule has 2 aromatic heterocycles. The standard InChI is InChI=1S/C20H24N4/c1-15-7-5-13-22-19(15)17-10-3-11-18(24(17)2)20-16(8-4-12-21)9-6-14-23-20/h5-7,9,13-14,17-18H,3-4,8,10-11H2,1-2H3/t17-,18+/m0/s1. The fraction of sp³-hybridized carbons (Fsp3) is 0.450. The van der Waals surface area contributed by atoms with E-state index < -0.39 is 0 Å². The van der Waals surface area contributed by atoms with Crippen molar-refractivity contribution in [1.29, 1.82) is 5.26 Å². The van der Waals surface area contributed by atoms with Gasteiger partial charge in [-0.15, -0.1) is 0 Å². The Morgan fingerprint density at radius 1 is 1.12 bits per heavy atom. The van der Waals surface area contributed by atoms with Gasteiger partial charge in [0, 0.05) is 18.8 Å². The normalized spacial score (nSPS) is 21.4. The monoisotopic (exact) mass is 320 g/mol. The number of piperidine rings is 1. The Morgan fingerprint density at radius 3 is 2.50 bits per heavy atom. The van der Waals surface area contributed by atoms with Crippen LogP contribution in [0, 0.1) is 18.3 Å². The number of pyridine rings is 2. The fourth-order valence-corrected chi connectivity index (χ4v) is 3.79. The molecule has 0 amide bonds. The van der Waals surface area contributed by atoms with Crippen LogP contribution in [0.2, 0.25) is 0 Å². The van der Waals surface area contributed by atoms with E-state index in [-0.39, 0.29) is 0 Å². The molecule has 3 heterocycles. The second-order valence-corrected chi connectivity index (χ2v) is 6.54. The molecular formula is C20H24N4. The van der Waals surface area contributed by atoms with Gasteiger partial charge < -0.3 is 0 Å². The predicted octanol–water partition coefficient (Wildman–Crippen LogP) is 4.14. The zero-order valence-corrected chi connectivity index (χ0v) is 14.4. The quantitative estimate of drug-likeness (QED) is 0.849. The van der Waals surface area contributed by atoms with Crippen LogP contribution in [0.3, 0.4) is 0 Å². The molecule has 0 unspecified atom stereocenters. The van der Waals surface area contributed by atoms with Gasteiger partial charge in [0.2, 0.25) is 0 Å². The van der Waals surface area contributed by atoms with Crippen LogP contribution in [-0.4, -0.2) is 21.9 Å². The van der Waals surface area contributed by atoms with Crippen LogP contribution in [-0.2, 0) is 6.42 Å². The van der Waals surface area contributed by atoms with Crippen LogP contribution in [0.15, 0.2) is 36.7 Å². The summed E-state index contributed by atoms with van der Waals surface area (Å²) >= 11 is 0. The Labute approximate surface area is 144 Å². The Balaban J connectivity index is 1.90. The van der Waals surface area contributed by atoms with Gasteiger partial charge in [0.15, 0.2) is 0 Å². The number of hydrogen-bond acceptors (Lipinski definition) is 4. The first-order chi connectivity index (χ1) is 11.7. The lowest BCUT2D eigenvalue weighted by molar-refractivity contribution is 0.108. The summed E-state index contributed by atoms with van der Waals surface area (Å²) in [6.07, 6.45) is 8.48. The van der Waals surface area contributed by atoms with Crippen molar-refractivity contribution in [3.63, 3.8) is 0 Å². The predicted molar refractivity (Wildman–Crippen MR) is 94.2 cm³/mol. The molecule has 1 aliphatic heterocycles. The molecule has 4 heteroatoms. The average molecular weight is 320 g/mol. The second-order valence-electron chi connectivity index (χ2n) is 6.54. The highest BCUT2D eigenvalue weighted by atomic mass is 15.2. The van der Waals surface area contributed by atoms with Crippen LogP contribution in [0.25, 0.3) is 0 Å². The lowest BCUT2D eigenvalue weighted by Crippen LogP contribution is -2.35. The molecule has 0 aromatic carbocycles. The molecule has 3 rings (SSSR count). The smallest absolute Gasteiger partial charge is 0.0625 e. The summed E-state index contributed by atoms with van der Waals surface area (Å²) < 4.78 is 0. The highest BCUT2D eigenvalue weighted by molar-refractivity contribution is 5.27. The van der Waals surface area contributed by atoms with Gasteiger partial charge in [-0.3, -0.25) is 14.9 Å². The number of likely N-dealkylation sites (tertiary alicyclic amines) is 1. The number of rotatable bonds is 4. The molecule has 1 saturated heterocycles. The maximum Gasteiger partial charge on any atom is 0.0625 e. The Bertz CT molecular complexity index is 734. The highest BCUT2D eigenvalue weighted by Crippen LogP contribution is 2.40. The minimum Gasteiger partial charge on any atom is -0.289 e. The fourth-order valence-electron chi connectivity index (χ4n) is 3.79. The minimum atomic E-state index is 0.292. The topological polar surface area (TPSA) is 52.8 Å². The molecule has 0 N–H and O–H groups in total. The van der Waals surface area contributed by atoms with Crippen LogP contribution in [0.4, 0.5) is 0 Å². The van der Waals surface area contributed by atoms with Crippen molar-refractivity contribution in [2.24, 2.45) is 0 Å². The lowest BCUT2D eigenvalue weighted by atomic mass is 9.89. The second kappa shape index (κ2) is 7.55. The van der Waals surface area contributed by atoms with Crippen molar-refractivity contribution >= 4 is 0 Å². The van der Waals surface area contributed by atoms with Gasteiger partial charge >= 0.3 is 0 Å². The van der Waals surface area contributed by atoms with Gasteiger partial charge in [-0.2, -0.15) is 5.26 Å². The third kappa shape index (κ3) is 3.32. The molecule has 2 atom stereocenters. The summed E-state index contributed by atoms with van der Waals surface area (Å²) in [6, 6.07) is 11.1. The molecule has 0 saturated carbocycles. The van der Waals surface area contributed by atoms with Gasteiger partial charge in [-0.1, -0.05) is 12.1 Å². The first kappa shape index (κ1) is 16.6. The molecule has 0 aliphatic carbocycles. The Morgan fingerprint density at radius 2 is 1.79 bits per heavy atom. The Kier molecular flexibility index (Phi) is 5.22. The molecule has 0 bridgehead atoms. The first-order valence-electron chi connectivity index (χ1n) is 8.66. The number of nitrogens with zero attached hydrogens (tertiary/aromatic N) is 4. The molecule has 124 valence electrons. The van der Waals surface area contributed by atoms with Crippen molar-refractivity contribution < 1.29 is 0 Å². The van der Waals surface area contributed by atoms with E-state index in [2.05, 4.69) is 47.0 Å². The van der Waals surface area contributed by atoms with Crippen LogP contribution >= 0.6 is 0 Å². The SMILES string of the molecule is Cc1cccnc1[C@@H]1CCC[C@H](c2ncccc2CCC#N)N1C. The summed E-state index contributed by atoms with van der Waals surface area (Å²) in [7, 11) is 2.19. The van der Waals surface area contributed by atoms with E-state index in [1.54, 1.807) is 0 Å². The summed E-state index contributed by atoms with van der Waals surface area (Å²) in [5.74, 6) is 0. The summed E-state index contributed by atoms with van der Waals surface area (Å²) in [4.78, 5) is 11.8. The molecular weight excluding hydrogens is 296 g/mol. The molecule has 1 fully saturated rings. The Hall–Kier alpha value is -2.25. The lowest BCUT2D eigenvalue weighted by Gasteiger charge is -2.40. The maximum absolute atomic E-state index is 8.91. The molecule has 2 aromatic rings. The van der Waals surface area contributed by atoms with E-state index in [0.29, 0.717) is 18.5 Å². The molecule has 0 radical (unpaired) electrons. The maximum atomic E-state index is 8.91. The molecule has 1 aliphatic rings. The van der Waals surface area contributed by atoms with Crippen LogP contribution < -0.4 is 0 Å². The van der Waals surface area contributed by atoms with Crippen molar-refractivity contribution in [1.82, 2.24) is 14.9 Å². The summed E-state index contributed by atoms with van der Waals surface area (Å²) in [5, 5.41) is 8.91. The van der Waals surface area contributed by atoms with E-state index in [1.165, 1.54) is 23.2 Å². The number of aryl methyl sites for hydroxylation is 2. The largest absolute Gasteiger partial charge is 0.289 e. The minimum absolute atomic E-state index is 0.292. The molecule has 24 heavy (non-hydrogen) atoms.